The number of rotatable bonds is 8. The number of benzene rings is 1. The molecule has 1 saturated heterocycles. The molecule has 2 heterocycles. The van der Waals surface area contributed by atoms with Crippen LogP contribution in [0.1, 0.15) is 42.2 Å². The summed E-state index contributed by atoms with van der Waals surface area (Å²) in [5.74, 6) is -0.467. The molecule has 1 aromatic heterocycles. The molecule has 0 bridgehead atoms. The minimum absolute atomic E-state index is 0.0501. The second-order valence-corrected chi connectivity index (χ2v) is 7.25. The van der Waals surface area contributed by atoms with E-state index in [0.717, 1.165) is 5.56 Å². The normalized spacial score (nSPS) is 19.8. The number of nitrogens with one attached hydrogen (secondary N) is 1. The van der Waals surface area contributed by atoms with E-state index in [1.165, 1.54) is 6.07 Å². The molecule has 1 aliphatic rings. The predicted octanol–water partition coefficient (Wildman–Crippen LogP) is 2.70. The number of ether oxygens (including phenoxy) is 2. The van der Waals surface area contributed by atoms with Gasteiger partial charge in [-0.2, -0.15) is 5.10 Å². The van der Waals surface area contributed by atoms with Gasteiger partial charge in [0.2, 0.25) is 5.91 Å². The fourth-order valence-corrected chi connectivity index (χ4v) is 3.52. The molecule has 1 fully saturated rings. The van der Waals surface area contributed by atoms with Gasteiger partial charge in [0.25, 0.3) is 5.69 Å². The molecule has 9 heteroatoms. The van der Waals surface area contributed by atoms with Crippen molar-refractivity contribution in [2.24, 2.45) is 5.92 Å². The quantitative estimate of drug-likeness (QED) is 0.537. The van der Waals surface area contributed by atoms with Gasteiger partial charge in [-0.05, 0) is 25.8 Å². The monoisotopic (exact) mass is 402 g/mol. The molecule has 0 saturated carbocycles. The summed E-state index contributed by atoms with van der Waals surface area (Å²) in [6.07, 6.45) is 3.85. The van der Waals surface area contributed by atoms with Crippen molar-refractivity contribution in [2.75, 3.05) is 20.3 Å². The molecule has 1 aliphatic heterocycles. The Bertz CT molecular complexity index is 882. The zero-order chi connectivity index (χ0) is 21.0. The van der Waals surface area contributed by atoms with Gasteiger partial charge < -0.3 is 14.8 Å². The van der Waals surface area contributed by atoms with Gasteiger partial charge in [0.05, 0.1) is 42.3 Å². The highest BCUT2D eigenvalue weighted by Crippen LogP contribution is 2.35. The topological polar surface area (TPSA) is 109 Å². The van der Waals surface area contributed by atoms with Gasteiger partial charge in [-0.1, -0.05) is 12.1 Å². The summed E-state index contributed by atoms with van der Waals surface area (Å²) in [4.78, 5) is 23.7. The SMILES string of the molecule is COCCn1cc([C@H]2OCC[C@@H]2C(=O)N[C@@H](C)c2ccc(C)c([N+](=O)[O-])c2)cn1. The lowest BCUT2D eigenvalue weighted by molar-refractivity contribution is -0.385. The number of carbonyl (C=O) groups excluding carboxylic acids is 1. The van der Waals surface area contributed by atoms with E-state index in [4.69, 9.17) is 9.47 Å². The fraction of sp³-hybridized carbons (Fsp3) is 0.500. The number of carbonyl (C=O) groups is 1. The lowest BCUT2D eigenvalue weighted by Crippen LogP contribution is -2.34. The van der Waals surface area contributed by atoms with Crippen LogP contribution in [0, 0.1) is 23.0 Å². The van der Waals surface area contributed by atoms with Crippen LogP contribution >= 0.6 is 0 Å². The molecule has 29 heavy (non-hydrogen) atoms. The van der Waals surface area contributed by atoms with Gasteiger partial charge in [0.15, 0.2) is 0 Å². The van der Waals surface area contributed by atoms with Crippen LogP contribution in [0.5, 0.6) is 0 Å². The van der Waals surface area contributed by atoms with Crippen LogP contribution in [0.15, 0.2) is 30.6 Å². The predicted molar refractivity (Wildman–Crippen MR) is 105 cm³/mol. The van der Waals surface area contributed by atoms with Crippen molar-refractivity contribution in [2.45, 2.75) is 39.0 Å². The van der Waals surface area contributed by atoms with Crippen molar-refractivity contribution in [1.29, 1.82) is 0 Å². The van der Waals surface area contributed by atoms with Crippen molar-refractivity contribution >= 4 is 11.6 Å². The maximum Gasteiger partial charge on any atom is 0.272 e. The summed E-state index contributed by atoms with van der Waals surface area (Å²) < 4.78 is 12.6. The second-order valence-electron chi connectivity index (χ2n) is 7.25. The van der Waals surface area contributed by atoms with E-state index >= 15 is 0 Å². The number of nitro benzene ring substituents is 1. The summed E-state index contributed by atoms with van der Waals surface area (Å²) in [5, 5.41) is 18.5. The number of hydrogen-bond acceptors (Lipinski definition) is 6. The Morgan fingerprint density at radius 1 is 1.52 bits per heavy atom. The Morgan fingerprint density at radius 3 is 3.03 bits per heavy atom. The third-order valence-corrected chi connectivity index (χ3v) is 5.22. The highest BCUT2D eigenvalue weighted by Gasteiger charge is 2.36. The third-order valence-electron chi connectivity index (χ3n) is 5.22. The highest BCUT2D eigenvalue weighted by molar-refractivity contribution is 5.80. The lowest BCUT2D eigenvalue weighted by atomic mass is 9.95. The zero-order valence-corrected chi connectivity index (χ0v) is 16.8. The number of hydrogen-bond donors (Lipinski definition) is 1. The third kappa shape index (κ3) is 4.80. The molecule has 1 aromatic carbocycles. The number of methoxy groups -OCH3 is 1. The Morgan fingerprint density at radius 2 is 2.31 bits per heavy atom. The zero-order valence-electron chi connectivity index (χ0n) is 16.8. The van der Waals surface area contributed by atoms with Gasteiger partial charge in [-0.25, -0.2) is 0 Å². The summed E-state index contributed by atoms with van der Waals surface area (Å²) in [7, 11) is 1.63. The van der Waals surface area contributed by atoms with Crippen molar-refractivity contribution in [3.63, 3.8) is 0 Å². The van der Waals surface area contributed by atoms with E-state index in [9.17, 15) is 14.9 Å². The minimum Gasteiger partial charge on any atom is -0.383 e. The van der Waals surface area contributed by atoms with Crippen molar-refractivity contribution in [1.82, 2.24) is 15.1 Å². The minimum atomic E-state index is -0.407. The van der Waals surface area contributed by atoms with Crippen LogP contribution in [0.3, 0.4) is 0 Å². The smallest absolute Gasteiger partial charge is 0.272 e. The van der Waals surface area contributed by atoms with Crippen LogP contribution in [-0.4, -0.2) is 40.9 Å². The number of aromatic nitrogens is 2. The average molecular weight is 402 g/mol. The molecular formula is C20H26N4O5. The van der Waals surface area contributed by atoms with Crippen molar-refractivity contribution < 1.29 is 19.2 Å². The molecule has 156 valence electrons. The number of nitrogens with zero attached hydrogens (tertiary/aromatic N) is 3. The first-order valence-electron chi connectivity index (χ1n) is 9.59. The van der Waals surface area contributed by atoms with Crippen LogP contribution in [0.2, 0.25) is 0 Å². The first-order valence-corrected chi connectivity index (χ1v) is 9.59. The van der Waals surface area contributed by atoms with Crippen LogP contribution in [-0.2, 0) is 20.8 Å². The van der Waals surface area contributed by atoms with Crippen molar-refractivity contribution in [3.8, 4) is 0 Å². The molecule has 0 unspecified atom stereocenters. The van der Waals surface area contributed by atoms with Crippen LogP contribution in [0.4, 0.5) is 5.69 Å². The Balaban J connectivity index is 1.68. The molecule has 3 rings (SSSR count). The Hall–Kier alpha value is -2.78. The molecule has 2 aromatic rings. The molecule has 3 atom stereocenters. The van der Waals surface area contributed by atoms with E-state index in [-0.39, 0.29) is 29.7 Å². The highest BCUT2D eigenvalue weighted by atomic mass is 16.6. The van der Waals surface area contributed by atoms with Crippen molar-refractivity contribution in [3.05, 3.63) is 57.4 Å². The second kappa shape index (κ2) is 9.15. The number of amides is 1. The van der Waals surface area contributed by atoms with Gasteiger partial charge in [0.1, 0.15) is 0 Å². The number of aryl methyl sites for hydroxylation is 1. The molecule has 0 radical (unpaired) electrons. The van der Waals surface area contributed by atoms with Gasteiger partial charge in [-0.3, -0.25) is 19.6 Å². The van der Waals surface area contributed by atoms with Gasteiger partial charge >= 0.3 is 0 Å². The Kier molecular flexibility index (Phi) is 6.60. The van der Waals surface area contributed by atoms with E-state index < -0.39 is 4.92 Å². The molecule has 9 nitrogen and oxygen atoms in total. The molecule has 0 aliphatic carbocycles. The number of nitro groups is 1. The fourth-order valence-electron chi connectivity index (χ4n) is 3.52. The first kappa shape index (κ1) is 20.9. The lowest BCUT2D eigenvalue weighted by Gasteiger charge is -2.21. The van der Waals surface area contributed by atoms with E-state index in [1.54, 1.807) is 37.0 Å². The van der Waals surface area contributed by atoms with Crippen LogP contribution < -0.4 is 5.32 Å². The van der Waals surface area contributed by atoms with E-state index in [2.05, 4.69) is 10.4 Å². The summed E-state index contributed by atoms with van der Waals surface area (Å²) >= 11 is 0. The summed E-state index contributed by atoms with van der Waals surface area (Å²) in [6, 6.07) is 4.66. The molecule has 1 N–H and O–H groups in total. The van der Waals surface area contributed by atoms with Crippen LogP contribution in [0.25, 0.3) is 0 Å². The molecular weight excluding hydrogens is 376 g/mol. The average Bonchev–Trinajstić information content (AvgIpc) is 3.35. The largest absolute Gasteiger partial charge is 0.383 e. The molecule has 1 amide bonds. The van der Waals surface area contributed by atoms with Gasteiger partial charge in [-0.15, -0.1) is 0 Å². The van der Waals surface area contributed by atoms with E-state index in [1.807, 2.05) is 13.1 Å². The summed E-state index contributed by atoms with van der Waals surface area (Å²) in [6.45, 7) is 5.19. The standard InChI is InChI=1S/C20H26N4O5/c1-13-4-5-15(10-18(13)24(26)27)14(2)22-20(25)17-6-8-29-19(17)16-11-21-23(12-16)7-9-28-3/h4-5,10-12,14,17,19H,6-9H2,1-3H3,(H,22,25)/t14-,17-,19+/m0/s1. The van der Waals surface area contributed by atoms with E-state index in [0.29, 0.717) is 37.3 Å². The first-order chi connectivity index (χ1) is 13.9. The maximum absolute atomic E-state index is 12.9. The van der Waals surface area contributed by atoms with Gasteiger partial charge in [0, 0.05) is 37.1 Å². The maximum atomic E-state index is 12.9. The summed E-state index contributed by atoms with van der Waals surface area (Å²) in [5.41, 5.74) is 2.19. The molecule has 0 spiro atoms. The Labute approximate surface area is 169 Å².